The number of anilines is 1. The summed E-state index contributed by atoms with van der Waals surface area (Å²) in [4.78, 5) is 2.31. The highest BCUT2D eigenvalue weighted by molar-refractivity contribution is 6.21. The standard InChI is InChI=1S/C12H16ClN/c1-14(10-6-3-2-4-7-10)12-9-5-8-11(12)13/h2-4,6-7,11-12H,5,8-9H2,1H3. The molecule has 0 saturated heterocycles. The minimum Gasteiger partial charge on any atom is -0.370 e. The van der Waals surface area contributed by atoms with Gasteiger partial charge in [-0.15, -0.1) is 11.6 Å². The van der Waals surface area contributed by atoms with Gasteiger partial charge in [0.2, 0.25) is 0 Å². The Labute approximate surface area is 90.7 Å². The first-order valence-corrected chi connectivity index (χ1v) is 5.64. The van der Waals surface area contributed by atoms with Gasteiger partial charge < -0.3 is 4.90 Å². The van der Waals surface area contributed by atoms with Gasteiger partial charge in [-0.05, 0) is 31.4 Å². The lowest BCUT2D eigenvalue weighted by molar-refractivity contribution is 0.659. The maximum absolute atomic E-state index is 6.28. The molecule has 0 heterocycles. The minimum atomic E-state index is 0.320. The Morgan fingerprint density at radius 3 is 2.50 bits per heavy atom. The first-order chi connectivity index (χ1) is 6.79. The Morgan fingerprint density at radius 2 is 1.93 bits per heavy atom. The maximum Gasteiger partial charge on any atom is 0.0539 e. The molecule has 1 aliphatic rings. The van der Waals surface area contributed by atoms with Gasteiger partial charge in [-0.1, -0.05) is 18.2 Å². The molecule has 0 aliphatic heterocycles. The molecule has 1 aromatic rings. The van der Waals surface area contributed by atoms with Crippen LogP contribution in [-0.2, 0) is 0 Å². The van der Waals surface area contributed by atoms with E-state index in [2.05, 4.69) is 36.2 Å². The Balaban J connectivity index is 2.12. The van der Waals surface area contributed by atoms with Crippen LogP contribution in [0.5, 0.6) is 0 Å². The molecule has 1 saturated carbocycles. The van der Waals surface area contributed by atoms with Gasteiger partial charge in [-0.2, -0.15) is 0 Å². The Kier molecular flexibility index (Phi) is 2.97. The third-order valence-corrected chi connectivity index (χ3v) is 3.57. The van der Waals surface area contributed by atoms with E-state index in [1.165, 1.54) is 18.5 Å². The van der Waals surface area contributed by atoms with Crippen molar-refractivity contribution in [3.63, 3.8) is 0 Å². The van der Waals surface area contributed by atoms with Crippen molar-refractivity contribution in [1.29, 1.82) is 0 Å². The van der Waals surface area contributed by atoms with Gasteiger partial charge in [-0.25, -0.2) is 0 Å². The van der Waals surface area contributed by atoms with E-state index >= 15 is 0 Å². The number of halogens is 1. The van der Waals surface area contributed by atoms with Crippen molar-refractivity contribution in [3.05, 3.63) is 30.3 Å². The van der Waals surface area contributed by atoms with Crippen LogP contribution in [0.25, 0.3) is 0 Å². The van der Waals surface area contributed by atoms with Crippen molar-refractivity contribution in [2.24, 2.45) is 0 Å². The summed E-state index contributed by atoms with van der Waals surface area (Å²) in [6.07, 6.45) is 3.64. The molecular weight excluding hydrogens is 194 g/mol. The number of hydrogen-bond acceptors (Lipinski definition) is 1. The molecule has 2 unspecified atom stereocenters. The van der Waals surface area contributed by atoms with Crippen LogP contribution in [0.15, 0.2) is 30.3 Å². The highest BCUT2D eigenvalue weighted by Gasteiger charge is 2.28. The molecule has 2 heteroatoms. The molecule has 14 heavy (non-hydrogen) atoms. The summed E-state index contributed by atoms with van der Waals surface area (Å²) in [5.74, 6) is 0. The van der Waals surface area contributed by atoms with E-state index < -0.39 is 0 Å². The molecule has 0 aromatic heterocycles. The fourth-order valence-corrected chi connectivity index (χ4v) is 2.64. The molecule has 2 atom stereocenters. The fourth-order valence-electron chi connectivity index (χ4n) is 2.19. The van der Waals surface area contributed by atoms with E-state index in [-0.39, 0.29) is 0 Å². The molecule has 1 aromatic carbocycles. The lowest BCUT2D eigenvalue weighted by Crippen LogP contribution is -2.35. The molecule has 2 rings (SSSR count). The third-order valence-electron chi connectivity index (χ3n) is 3.06. The second kappa shape index (κ2) is 4.22. The first-order valence-electron chi connectivity index (χ1n) is 5.21. The van der Waals surface area contributed by atoms with Gasteiger partial charge in [0.15, 0.2) is 0 Å². The van der Waals surface area contributed by atoms with Crippen LogP contribution in [0.4, 0.5) is 5.69 Å². The zero-order valence-corrected chi connectivity index (χ0v) is 9.24. The topological polar surface area (TPSA) is 3.24 Å². The van der Waals surface area contributed by atoms with Crippen molar-refractivity contribution in [3.8, 4) is 0 Å². The Morgan fingerprint density at radius 1 is 1.21 bits per heavy atom. The van der Waals surface area contributed by atoms with E-state index in [0.717, 1.165) is 6.42 Å². The van der Waals surface area contributed by atoms with E-state index in [1.54, 1.807) is 0 Å². The van der Waals surface area contributed by atoms with Crippen LogP contribution in [0.2, 0.25) is 0 Å². The summed E-state index contributed by atoms with van der Waals surface area (Å²) in [5, 5.41) is 0.320. The molecule has 1 fully saturated rings. The highest BCUT2D eigenvalue weighted by Crippen LogP contribution is 2.30. The quantitative estimate of drug-likeness (QED) is 0.676. The lowest BCUT2D eigenvalue weighted by Gasteiger charge is -2.28. The molecule has 0 N–H and O–H groups in total. The Bertz CT molecular complexity index is 286. The molecule has 0 spiro atoms. The number of hydrogen-bond donors (Lipinski definition) is 0. The van der Waals surface area contributed by atoms with Crippen molar-refractivity contribution < 1.29 is 0 Å². The van der Waals surface area contributed by atoms with Crippen molar-refractivity contribution >= 4 is 17.3 Å². The summed E-state index contributed by atoms with van der Waals surface area (Å²) in [6, 6.07) is 11.0. The molecule has 76 valence electrons. The van der Waals surface area contributed by atoms with Gasteiger partial charge in [0.25, 0.3) is 0 Å². The average molecular weight is 210 g/mol. The van der Waals surface area contributed by atoms with Crippen LogP contribution in [-0.4, -0.2) is 18.5 Å². The summed E-state index contributed by atoms with van der Waals surface area (Å²) in [7, 11) is 2.14. The first kappa shape index (κ1) is 9.85. The van der Waals surface area contributed by atoms with Gasteiger partial charge in [-0.3, -0.25) is 0 Å². The highest BCUT2D eigenvalue weighted by atomic mass is 35.5. The van der Waals surface area contributed by atoms with Crippen molar-refractivity contribution in [2.45, 2.75) is 30.7 Å². The van der Waals surface area contributed by atoms with Crippen molar-refractivity contribution in [2.75, 3.05) is 11.9 Å². The van der Waals surface area contributed by atoms with Crippen LogP contribution in [0, 0.1) is 0 Å². The van der Waals surface area contributed by atoms with E-state index in [1.807, 2.05) is 6.07 Å². The SMILES string of the molecule is CN(c1ccccc1)C1CCCC1Cl. The monoisotopic (exact) mass is 209 g/mol. The van der Waals surface area contributed by atoms with E-state index in [4.69, 9.17) is 11.6 Å². The van der Waals surface area contributed by atoms with Gasteiger partial charge in [0, 0.05) is 18.8 Å². The number of alkyl halides is 1. The minimum absolute atomic E-state index is 0.320. The Hall–Kier alpha value is -0.690. The fraction of sp³-hybridized carbons (Fsp3) is 0.500. The largest absolute Gasteiger partial charge is 0.370 e. The molecule has 0 bridgehead atoms. The summed E-state index contributed by atoms with van der Waals surface area (Å²) < 4.78 is 0. The van der Waals surface area contributed by atoms with Crippen LogP contribution in [0.1, 0.15) is 19.3 Å². The normalized spacial score (nSPS) is 26.4. The second-order valence-electron chi connectivity index (χ2n) is 3.96. The maximum atomic E-state index is 6.28. The van der Waals surface area contributed by atoms with E-state index in [9.17, 15) is 0 Å². The number of benzene rings is 1. The average Bonchev–Trinajstić information content (AvgIpc) is 2.65. The van der Waals surface area contributed by atoms with Crippen molar-refractivity contribution in [1.82, 2.24) is 0 Å². The third kappa shape index (κ3) is 1.88. The van der Waals surface area contributed by atoms with Crippen LogP contribution < -0.4 is 4.90 Å². The predicted molar refractivity (Wildman–Crippen MR) is 62.1 cm³/mol. The predicted octanol–water partition coefficient (Wildman–Crippen LogP) is 3.28. The lowest BCUT2D eigenvalue weighted by atomic mass is 10.2. The molecule has 1 aliphatic carbocycles. The van der Waals surface area contributed by atoms with Crippen LogP contribution >= 0.6 is 11.6 Å². The molecule has 0 amide bonds. The summed E-state index contributed by atoms with van der Waals surface area (Å²) in [5.41, 5.74) is 1.27. The number of para-hydroxylation sites is 1. The molecular formula is C12H16ClN. The number of nitrogens with zero attached hydrogens (tertiary/aromatic N) is 1. The van der Waals surface area contributed by atoms with Crippen LogP contribution in [0.3, 0.4) is 0 Å². The second-order valence-corrected chi connectivity index (χ2v) is 4.52. The zero-order chi connectivity index (χ0) is 9.97. The van der Waals surface area contributed by atoms with E-state index in [0.29, 0.717) is 11.4 Å². The van der Waals surface area contributed by atoms with Gasteiger partial charge in [0.05, 0.1) is 5.38 Å². The zero-order valence-electron chi connectivity index (χ0n) is 8.49. The molecule has 0 radical (unpaired) electrons. The smallest absolute Gasteiger partial charge is 0.0539 e. The van der Waals surface area contributed by atoms with Gasteiger partial charge in [0.1, 0.15) is 0 Å². The summed E-state index contributed by atoms with van der Waals surface area (Å²) in [6.45, 7) is 0. The van der Waals surface area contributed by atoms with Gasteiger partial charge >= 0.3 is 0 Å². The molecule has 1 nitrogen and oxygen atoms in total. The number of rotatable bonds is 2. The summed E-state index contributed by atoms with van der Waals surface area (Å²) >= 11 is 6.28.